The van der Waals surface area contributed by atoms with Crippen molar-refractivity contribution in [1.29, 1.82) is 0 Å². The summed E-state index contributed by atoms with van der Waals surface area (Å²) in [6, 6.07) is 0. The van der Waals surface area contributed by atoms with Crippen LogP contribution in [0.25, 0.3) is 0 Å². The number of carbonyl (C=O) groups excluding carboxylic acids is 1. The summed E-state index contributed by atoms with van der Waals surface area (Å²) in [5, 5.41) is 5.97. The van der Waals surface area contributed by atoms with Gasteiger partial charge >= 0.3 is 0 Å². The first-order chi connectivity index (χ1) is 6.66. The SMILES string of the molecule is CCCNC(=O)CNCCCC(C)C. The van der Waals surface area contributed by atoms with E-state index in [2.05, 4.69) is 31.4 Å². The van der Waals surface area contributed by atoms with Gasteiger partial charge in [-0.05, 0) is 31.7 Å². The zero-order chi connectivity index (χ0) is 10.8. The van der Waals surface area contributed by atoms with Gasteiger partial charge in [-0.25, -0.2) is 0 Å². The summed E-state index contributed by atoms with van der Waals surface area (Å²) in [6.45, 7) is 8.67. The average molecular weight is 200 g/mol. The monoisotopic (exact) mass is 200 g/mol. The van der Waals surface area contributed by atoms with Gasteiger partial charge in [-0.3, -0.25) is 4.79 Å². The van der Waals surface area contributed by atoms with Crippen LogP contribution in [0.15, 0.2) is 0 Å². The van der Waals surface area contributed by atoms with E-state index in [-0.39, 0.29) is 5.91 Å². The molecule has 3 nitrogen and oxygen atoms in total. The van der Waals surface area contributed by atoms with Crippen LogP contribution in [-0.2, 0) is 4.79 Å². The predicted octanol–water partition coefficient (Wildman–Crippen LogP) is 1.54. The van der Waals surface area contributed by atoms with E-state index in [9.17, 15) is 4.79 Å². The Labute approximate surface area is 87.6 Å². The van der Waals surface area contributed by atoms with Crippen molar-refractivity contribution in [2.75, 3.05) is 19.6 Å². The van der Waals surface area contributed by atoms with Gasteiger partial charge in [0.2, 0.25) is 5.91 Å². The Morgan fingerprint density at radius 3 is 2.57 bits per heavy atom. The van der Waals surface area contributed by atoms with Crippen LogP contribution in [0, 0.1) is 5.92 Å². The normalized spacial score (nSPS) is 10.6. The number of rotatable bonds is 8. The van der Waals surface area contributed by atoms with Crippen molar-refractivity contribution < 1.29 is 4.79 Å². The number of nitrogens with one attached hydrogen (secondary N) is 2. The van der Waals surface area contributed by atoms with Gasteiger partial charge in [0.15, 0.2) is 0 Å². The van der Waals surface area contributed by atoms with Crippen LogP contribution in [0.5, 0.6) is 0 Å². The van der Waals surface area contributed by atoms with Gasteiger partial charge in [0, 0.05) is 6.54 Å². The van der Waals surface area contributed by atoms with Gasteiger partial charge in [0.1, 0.15) is 0 Å². The van der Waals surface area contributed by atoms with Crippen molar-refractivity contribution in [2.24, 2.45) is 5.92 Å². The molecule has 0 bridgehead atoms. The van der Waals surface area contributed by atoms with Crippen molar-refractivity contribution in [3.05, 3.63) is 0 Å². The Morgan fingerprint density at radius 1 is 1.29 bits per heavy atom. The highest BCUT2D eigenvalue weighted by Crippen LogP contribution is 2.01. The summed E-state index contributed by atoms with van der Waals surface area (Å²) in [6.07, 6.45) is 3.38. The standard InChI is InChI=1S/C11H24N2O/c1-4-7-13-11(14)9-12-8-5-6-10(2)3/h10,12H,4-9H2,1-3H3,(H,13,14). The first-order valence-electron chi connectivity index (χ1n) is 5.64. The second-order valence-corrected chi connectivity index (χ2v) is 4.06. The maximum Gasteiger partial charge on any atom is 0.233 e. The van der Waals surface area contributed by atoms with Crippen LogP contribution in [0.2, 0.25) is 0 Å². The minimum atomic E-state index is 0.108. The highest BCUT2D eigenvalue weighted by atomic mass is 16.1. The van der Waals surface area contributed by atoms with Crippen LogP contribution in [0.1, 0.15) is 40.0 Å². The number of carbonyl (C=O) groups is 1. The maximum absolute atomic E-state index is 11.1. The molecular weight excluding hydrogens is 176 g/mol. The molecule has 0 rings (SSSR count). The molecule has 0 heterocycles. The molecule has 0 aliphatic carbocycles. The van der Waals surface area contributed by atoms with Crippen molar-refractivity contribution in [3.63, 3.8) is 0 Å². The fourth-order valence-electron chi connectivity index (χ4n) is 1.16. The fraction of sp³-hybridized carbons (Fsp3) is 0.909. The third-order valence-electron chi connectivity index (χ3n) is 1.99. The quantitative estimate of drug-likeness (QED) is 0.584. The molecule has 1 amide bonds. The minimum absolute atomic E-state index is 0.108. The topological polar surface area (TPSA) is 41.1 Å². The molecule has 2 N–H and O–H groups in total. The molecule has 0 unspecified atom stereocenters. The summed E-state index contributed by atoms with van der Waals surface area (Å²) in [4.78, 5) is 11.1. The minimum Gasteiger partial charge on any atom is -0.355 e. The molecule has 0 fully saturated rings. The molecule has 0 spiro atoms. The molecule has 0 aromatic rings. The first-order valence-corrected chi connectivity index (χ1v) is 5.64. The van der Waals surface area contributed by atoms with Crippen LogP contribution in [0.3, 0.4) is 0 Å². The van der Waals surface area contributed by atoms with Crippen molar-refractivity contribution >= 4 is 5.91 Å². The second kappa shape index (κ2) is 9.00. The second-order valence-electron chi connectivity index (χ2n) is 4.06. The largest absolute Gasteiger partial charge is 0.355 e. The molecule has 84 valence electrons. The zero-order valence-corrected chi connectivity index (χ0v) is 9.73. The Morgan fingerprint density at radius 2 is 2.00 bits per heavy atom. The van der Waals surface area contributed by atoms with E-state index < -0.39 is 0 Å². The molecule has 0 aromatic carbocycles. The fourth-order valence-corrected chi connectivity index (χ4v) is 1.16. The molecule has 14 heavy (non-hydrogen) atoms. The van der Waals surface area contributed by atoms with Gasteiger partial charge in [-0.1, -0.05) is 20.8 Å². The summed E-state index contributed by atoms with van der Waals surface area (Å²) in [7, 11) is 0. The Balaban J connectivity index is 3.15. The third kappa shape index (κ3) is 9.52. The van der Waals surface area contributed by atoms with Crippen LogP contribution >= 0.6 is 0 Å². The number of hydrogen-bond donors (Lipinski definition) is 2. The smallest absolute Gasteiger partial charge is 0.233 e. The van der Waals surface area contributed by atoms with E-state index in [1.807, 2.05) is 0 Å². The van der Waals surface area contributed by atoms with E-state index >= 15 is 0 Å². The molecule has 0 aliphatic heterocycles. The van der Waals surface area contributed by atoms with Crippen LogP contribution < -0.4 is 10.6 Å². The average Bonchev–Trinajstić information content (AvgIpc) is 2.13. The molecule has 0 saturated carbocycles. The summed E-state index contributed by atoms with van der Waals surface area (Å²) in [5.74, 6) is 0.863. The van der Waals surface area contributed by atoms with Crippen molar-refractivity contribution in [1.82, 2.24) is 10.6 Å². The predicted molar refractivity (Wildman–Crippen MR) is 60.2 cm³/mol. The third-order valence-corrected chi connectivity index (χ3v) is 1.99. The van der Waals surface area contributed by atoms with Gasteiger partial charge < -0.3 is 10.6 Å². The van der Waals surface area contributed by atoms with E-state index in [1.165, 1.54) is 6.42 Å². The molecule has 3 heteroatoms. The Bertz CT molecular complexity index is 146. The summed E-state index contributed by atoms with van der Waals surface area (Å²) >= 11 is 0. The lowest BCUT2D eigenvalue weighted by Gasteiger charge is -2.06. The van der Waals surface area contributed by atoms with Crippen molar-refractivity contribution in [3.8, 4) is 0 Å². The van der Waals surface area contributed by atoms with Gasteiger partial charge in [-0.15, -0.1) is 0 Å². The summed E-state index contributed by atoms with van der Waals surface area (Å²) < 4.78 is 0. The lowest BCUT2D eigenvalue weighted by atomic mass is 10.1. The lowest BCUT2D eigenvalue weighted by Crippen LogP contribution is -2.34. The first kappa shape index (κ1) is 13.4. The Kier molecular flexibility index (Phi) is 8.64. The Hall–Kier alpha value is -0.570. The molecule has 0 saturated heterocycles. The molecule has 0 atom stereocenters. The van der Waals surface area contributed by atoms with Crippen LogP contribution in [-0.4, -0.2) is 25.5 Å². The molecular formula is C11H24N2O. The van der Waals surface area contributed by atoms with Crippen molar-refractivity contribution in [2.45, 2.75) is 40.0 Å². The van der Waals surface area contributed by atoms with E-state index in [1.54, 1.807) is 0 Å². The summed E-state index contributed by atoms with van der Waals surface area (Å²) in [5.41, 5.74) is 0. The van der Waals surface area contributed by atoms with Gasteiger partial charge in [0.05, 0.1) is 6.54 Å². The molecule has 0 aromatic heterocycles. The highest BCUT2D eigenvalue weighted by Gasteiger charge is 1.98. The van der Waals surface area contributed by atoms with Crippen LogP contribution in [0.4, 0.5) is 0 Å². The molecule has 0 aliphatic rings. The number of amides is 1. The zero-order valence-electron chi connectivity index (χ0n) is 9.73. The van der Waals surface area contributed by atoms with E-state index in [4.69, 9.17) is 0 Å². The van der Waals surface area contributed by atoms with E-state index in [0.29, 0.717) is 6.54 Å². The molecule has 0 radical (unpaired) electrons. The number of hydrogen-bond acceptors (Lipinski definition) is 2. The van der Waals surface area contributed by atoms with Gasteiger partial charge in [-0.2, -0.15) is 0 Å². The van der Waals surface area contributed by atoms with E-state index in [0.717, 1.165) is 31.8 Å². The maximum atomic E-state index is 11.1. The van der Waals surface area contributed by atoms with Gasteiger partial charge in [0.25, 0.3) is 0 Å². The lowest BCUT2D eigenvalue weighted by molar-refractivity contribution is -0.120. The highest BCUT2D eigenvalue weighted by molar-refractivity contribution is 5.77.